The summed E-state index contributed by atoms with van der Waals surface area (Å²) < 4.78 is 17.2. The Labute approximate surface area is 149 Å². The Bertz CT molecular complexity index is 879. The van der Waals surface area contributed by atoms with Gasteiger partial charge in [0.2, 0.25) is 5.75 Å². The lowest BCUT2D eigenvalue weighted by molar-refractivity contribution is 0.324. The summed E-state index contributed by atoms with van der Waals surface area (Å²) in [6.07, 6.45) is 3.92. The van der Waals surface area contributed by atoms with Gasteiger partial charge >= 0.3 is 0 Å². The molecule has 124 valence electrons. The van der Waals surface area contributed by atoms with E-state index in [1.165, 1.54) is 0 Å². The Morgan fingerprint density at radius 2 is 1.67 bits per heavy atom. The highest BCUT2D eigenvalue weighted by Gasteiger charge is 2.12. The van der Waals surface area contributed by atoms with Crippen LogP contribution in [0.5, 0.6) is 17.2 Å². The molecule has 3 aromatic rings. The molecule has 0 aliphatic rings. The molecule has 0 saturated heterocycles. The van der Waals surface area contributed by atoms with E-state index in [-0.39, 0.29) is 0 Å². The highest BCUT2D eigenvalue weighted by atomic mass is 35.5. The molecule has 0 amide bonds. The van der Waals surface area contributed by atoms with E-state index in [9.17, 15) is 0 Å². The topological polar surface area (TPSA) is 40.6 Å². The van der Waals surface area contributed by atoms with Crippen LogP contribution in [-0.4, -0.2) is 26.3 Å². The molecule has 0 N–H and O–H groups in total. The Hall–Kier alpha value is -2.24. The van der Waals surface area contributed by atoms with E-state index in [2.05, 4.69) is 4.98 Å². The van der Waals surface area contributed by atoms with Crippen LogP contribution < -0.4 is 14.2 Å². The largest absolute Gasteiger partial charge is 0.493 e. The summed E-state index contributed by atoms with van der Waals surface area (Å²) in [4.78, 5) is 4.57. The first-order valence-electron chi connectivity index (χ1n) is 7.18. The highest BCUT2D eigenvalue weighted by Crippen LogP contribution is 2.38. The lowest BCUT2D eigenvalue weighted by atomic mass is 10.1. The van der Waals surface area contributed by atoms with Gasteiger partial charge in [-0.2, -0.15) is 0 Å². The number of aromatic nitrogens is 1. The molecular formula is C18H16ClNO3S. The number of hydrogen-bond acceptors (Lipinski definition) is 5. The molecule has 0 saturated carbocycles. The van der Waals surface area contributed by atoms with Crippen molar-refractivity contribution in [1.29, 1.82) is 0 Å². The van der Waals surface area contributed by atoms with Crippen molar-refractivity contribution in [3.63, 3.8) is 0 Å². The molecule has 0 bridgehead atoms. The van der Waals surface area contributed by atoms with E-state index in [1.54, 1.807) is 32.7 Å². The van der Waals surface area contributed by atoms with Crippen molar-refractivity contribution in [3.8, 4) is 17.2 Å². The maximum Gasteiger partial charge on any atom is 0.203 e. The minimum Gasteiger partial charge on any atom is -0.493 e. The number of thiazole rings is 1. The van der Waals surface area contributed by atoms with Crippen LogP contribution in [0.3, 0.4) is 0 Å². The number of ether oxygens (including phenoxy) is 3. The van der Waals surface area contributed by atoms with Gasteiger partial charge in [0.05, 0.1) is 31.5 Å². The molecule has 0 aliphatic carbocycles. The Balaban J connectivity index is 1.95. The van der Waals surface area contributed by atoms with Crippen molar-refractivity contribution in [2.24, 2.45) is 0 Å². The van der Waals surface area contributed by atoms with Gasteiger partial charge in [-0.1, -0.05) is 17.7 Å². The smallest absolute Gasteiger partial charge is 0.203 e. The van der Waals surface area contributed by atoms with Crippen molar-refractivity contribution in [2.45, 2.75) is 0 Å². The Morgan fingerprint density at radius 3 is 2.29 bits per heavy atom. The van der Waals surface area contributed by atoms with E-state index in [1.807, 2.05) is 42.5 Å². The van der Waals surface area contributed by atoms with Crippen molar-refractivity contribution < 1.29 is 14.2 Å². The monoisotopic (exact) mass is 361 g/mol. The van der Waals surface area contributed by atoms with E-state index < -0.39 is 0 Å². The maximum atomic E-state index is 6.00. The Morgan fingerprint density at radius 1 is 0.958 bits per heavy atom. The standard InChI is InChI=1S/C18H16ClNO3S/c1-21-14-8-11(9-15(22-2)18(14)23-3)4-7-17-20-13-10-12(19)5-6-16(13)24-17/h4-10H,1-3H3. The van der Waals surface area contributed by atoms with E-state index in [0.29, 0.717) is 22.3 Å². The fourth-order valence-electron chi connectivity index (χ4n) is 2.35. The number of benzene rings is 2. The zero-order valence-electron chi connectivity index (χ0n) is 13.5. The van der Waals surface area contributed by atoms with Gasteiger partial charge in [0.25, 0.3) is 0 Å². The van der Waals surface area contributed by atoms with Gasteiger partial charge in [0.1, 0.15) is 5.01 Å². The lowest BCUT2D eigenvalue weighted by Gasteiger charge is -2.12. The van der Waals surface area contributed by atoms with Crippen LogP contribution in [0.2, 0.25) is 5.02 Å². The third-order valence-electron chi connectivity index (χ3n) is 3.47. The molecule has 3 rings (SSSR count). The second-order valence-electron chi connectivity index (χ2n) is 4.96. The fourth-order valence-corrected chi connectivity index (χ4v) is 3.37. The second kappa shape index (κ2) is 7.11. The molecule has 6 heteroatoms. The van der Waals surface area contributed by atoms with Crippen LogP contribution >= 0.6 is 22.9 Å². The van der Waals surface area contributed by atoms with Gasteiger partial charge in [-0.3, -0.25) is 0 Å². The summed E-state index contributed by atoms with van der Waals surface area (Å²) in [5, 5.41) is 1.59. The number of methoxy groups -OCH3 is 3. The van der Waals surface area contributed by atoms with Crippen LogP contribution in [0.4, 0.5) is 0 Å². The van der Waals surface area contributed by atoms with Crippen LogP contribution in [0.1, 0.15) is 10.6 Å². The van der Waals surface area contributed by atoms with Crippen LogP contribution in [0.15, 0.2) is 30.3 Å². The molecule has 24 heavy (non-hydrogen) atoms. The number of nitrogens with zero attached hydrogens (tertiary/aromatic N) is 1. The normalized spacial score (nSPS) is 11.2. The average molecular weight is 362 g/mol. The first-order chi connectivity index (χ1) is 11.6. The van der Waals surface area contributed by atoms with E-state index in [4.69, 9.17) is 25.8 Å². The first-order valence-corrected chi connectivity index (χ1v) is 8.38. The third-order valence-corrected chi connectivity index (χ3v) is 4.71. The molecule has 0 radical (unpaired) electrons. The predicted octanol–water partition coefficient (Wildman–Crippen LogP) is 5.15. The molecule has 4 nitrogen and oxygen atoms in total. The van der Waals surface area contributed by atoms with Gasteiger partial charge in [-0.25, -0.2) is 4.98 Å². The van der Waals surface area contributed by atoms with Crippen molar-refractivity contribution >= 4 is 45.3 Å². The van der Waals surface area contributed by atoms with Crippen molar-refractivity contribution in [1.82, 2.24) is 4.98 Å². The summed E-state index contributed by atoms with van der Waals surface area (Å²) in [7, 11) is 4.78. The zero-order valence-corrected chi connectivity index (χ0v) is 15.1. The van der Waals surface area contributed by atoms with Crippen LogP contribution in [0, 0.1) is 0 Å². The van der Waals surface area contributed by atoms with Gasteiger partial charge in [-0.15, -0.1) is 11.3 Å². The fraction of sp³-hybridized carbons (Fsp3) is 0.167. The van der Waals surface area contributed by atoms with Crippen LogP contribution in [0.25, 0.3) is 22.4 Å². The molecule has 1 heterocycles. The quantitative estimate of drug-likeness (QED) is 0.630. The van der Waals surface area contributed by atoms with E-state index in [0.717, 1.165) is 20.8 Å². The summed E-state index contributed by atoms with van der Waals surface area (Å²) in [6, 6.07) is 9.50. The van der Waals surface area contributed by atoms with Crippen molar-refractivity contribution in [3.05, 3.63) is 45.9 Å². The Kier molecular flexibility index (Phi) is 4.92. The average Bonchev–Trinajstić information content (AvgIpc) is 3.00. The molecule has 0 atom stereocenters. The summed E-state index contributed by atoms with van der Waals surface area (Å²) in [5.74, 6) is 1.81. The second-order valence-corrected chi connectivity index (χ2v) is 6.45. The molecule has 0 spiro atoms. The molecular weight excluding hydrogens is 346 g/mol. The molecule has 0 fully saturated rings. The third kappa shape index (κ3) is 3.32. The number of rotatable bonds is 5. The van der Waals surface area contributed by atoms with Gasteiger partial charge in [0.15, 0.2) is 11.5 Å². The summed E-state index contributed by atoms with van der Waals surface area (Å²) in [6.45, 7) is 0. The summed E-state index contributed by atoms with van der Waals surface area (Å²) >= 11 is 7.61. The highest BCUT2D eigenvalue weighted by molar-refractivity contribution is 7.19. The molecule has 2 aromatic carbocycles. The van der Waals surface area contributed by atoms with Gasteiger partial charge in [0, 0.05) is 5.02 Å². The first kappa shape index (κ1) is 16.6. The number of hydrogen-bond donors (Lipinski definition) is 0. The van der Waals surface area contributed by atoms with Crippen molar-refractivity contribution in [2.75, 3.05) is 21.3 Å². The zero-order chi connectivity index (χ0) is 17.1. The van der Waals surface area contributed by atoms with E-state index >= 15 is 0 Å². The summed E-state index contributed by atoms with van der Waals surface area (Å²) in [5.41, 5.74) is 1.83. The van der Waals surface area contributed by atoms with Gasteiger partial charge in [-0.05, 0) is 42.0 Å². The molecule has 1 aromatic heterocycles. The minimum absolute atomic E-state index is 0.576. The molecule has 0 aliphatic heterocycles. The lowest BCUT2D eigenvalue weighted by Crippen LogP contribution is -1.95. The molecule has 0 unspecified atom stereocenters. The van der Waals surface area contributed by atoms with Gasteiger partial charge < -0.3 is 14.2 Å². The maximum absolute atomic E-state index is 6.00. The van der Waals surface area contributed by atoms with Crippen LogP contribution in [-0.2, 0) is 0 Å². The minimum atomic E-state index is 0.576. The number of halogens is 1. The predicted molar refractivity (Wildman–Crippen MR) is 99.7 cm³/mol. The SMILES string of the molecule is COc1cc(C=Cc2nc3cc(Cl)ccc3s2)cc(OC)c1OC. The number of fused-ring (bicyclic) bond motifs is 1.